The fourth-order valence-corrected chi connectivity index (χ4v) is 0.573. The lowest BCUT2D eigenvalue weighted by Gasteiger charge is -2.31. The van der Waals surface area contributed by atoms with Gasteiger partial charge in [-0.15, -0.1) is 0 Å². The summed E-state index contributed by atoms with van der Waals surface area (Å²) in [7, 11) is 0. The highest BCUT2D eigenvalue weighted by Gasteiger charge is 2.30. The van der Waals surface area contributed by atoms with Crippen molar-refractivity contribution >= 4 is 0 Å². The molecule has 0 aliphatic rings. The van der Waals surface area contributed by atoms with Crippen LogP contribution in [0.1, 0.15) is 27.7 Å². The average Bonchev–Trinajstić information content (AvgIpc) is 1.85. The van der Waals surface area contributed by atoms with Crippen LogP contribution in [0.3, 0.4) is 0 Å². The minimum absolute atomic E-state index is 0.505. The van der Waals surface area contributed by atoms with Gasteiger partial charge in [-0.05, 0) is 27.7 Å². The lowest BCUT2D eigenvalue weighted by atomic mass is 10.2. The van der Waals surface area contributed by atoms with Gasteiger partial charge < -0.3 is 20.1 Å². The molecule has 74 valence electrons. The van der Waals surface area contributed by atoms with E-state index in [1.807, 2.05) is 0 Å². The van der Waals surface area contributed by atoms with Gasteiger partial charge in [-0.2, -0.15) is 0 Å². The van der Waals surface area contributed by atoms with E-state index >= 15 is 0 Å². The highest BCUT2D eigenvalue weighted by Crippen LogP contribution is 2.15. The second-order valence-corrected chi connectivity index (χ2v) is 3.29. The summed E-state index contributed by atoms with van der Waals surface area (Å²) in [6.07, 6.45) is -2.16. The van der Waals surface area contributed by atoms with Gasteiger partial charge in [0, 0.05) is 0 Å². The maximum absolute atomic E-state index is 9.43. The number of ether oxygens (including phenoxy) is 1. The van der Waals surface area contributed by atoms with Crippen LogP contribution in [0.2, 0.25) is 0 Å². The van der Waals surface area contributed by atoms with Crippen LogP contribution in [0.5, 0.6) is 0 Å². The highest BCUT2D eigenvalue weighted by molar-refractivity contribution is 4.70. The molecular weight excluding hydrogens is 160 g/mol. The van der Waals surface area contributed by atoms with Crippen LogP contribution in [0.25, 0.3) is 0 Å². The monoisotopic (exact) mass is 178 g/mol. The molecule has 4 nitrogen and oxygen atoms in total. The molecule has 0 heterocycles. The molecule has 0 radical (unpaired) electrons. The van der Waals surface area contributed by atoms with Crippen molar-refractivity contribution < 1.29 is 20.1 Å². The van der Waals surface area contributed by atoms with Gasteiger partial charge >= 0.3 is 0 Å². The first-order chi connectivity index (χ1) is 5.27. The molecule has 4 heteroatoms. The van der Waals surface area contributed by atoms with Crippen molar-refractivity contribution in [1.29, 1.82) is 0 Å². The first-order valence-electron chi connectivity index (χ1n) is 4.03. The third-order valence-electron chi connectivity index (χ3n) is 1.88. The Labute approximate surface area is 72.8 Å². The van der Waals surface area contributed by atoms with E-state index < -0.39 is 24.1 Å². The summed E-state index contributed by atoms with van der Waals surface area (Å²) >= 11 is 0. The van der Waals surface area contributed by atoms with Crippen molar-refractivity contribution in [2.75, 3.05) is 0 Å². The molecule has 4 unspecified atom stereocenters. The van der Waals surface area contributed by atoms with E-state index in [-0.39, 0.29) is 0 Å². The third-order valence-corrected chi connectivity index (χ3v) is 1.88. The van der Waals surface area contributed by atoms with Crippen LogP contribution in [0.15, 0.2) is 0 Å². The van der Waals surface area contributed by atoms with Gasteiger partial charge in [-0.25, -0.2) is 0 Å². The van der Waals surface area contributed by atoms with Crippen LogP contribution in [0, 0.1) is 0 Å². The van der Waals surface area contributed by atoms with Crippen LogP contribution in [-0.2, 0) is 4.74 Å². The van der Waals surface area contributed by atoms with Gasteiger partial charge in [0.05, 0.1) is 12.2 Å². The first-order valence-corrected chi connectivity index (χ1v) is 4.03. The maximum atomic E-state index is 9.43. The summed E-state index contributed by atoms with van der Waals surface area (Å²) < 4.78 is 5.02. The number of rotatable bonds is 4. The fourth-order valence-electron chi connectivity index (χ4n) is 0.573. The Bertz CT molecular complexity index is 131. The lowest BCUT2D eigenvalue weighted by Crippen LogP contribution is -2.44. The zero-order valence-corrected chi connectivity index (χ0v) is 7.98. The minimum atomic E-state index is -1.60. The molecule has 0 spiro atoms. The van der Waals surface area contributed by atoms with Crippen LogP contribution >= 0.6 is 0 Å². The van der Waals surface area contributed by atoms with Crippen molar-refractivity contribution in [3.63, 3.8) is 0 Å². The van der Waals surface area contributed by atoms with E-state index in [1.54, 1.807) is 13.8 Å². The standard InChI is InChI=1S/C8H18O4/c1-5(9)6(2)12-8(4,11)7(3)10/h5-7,9-11H,1-4H3. The fraction of sp³-hybridized carbons (Fsp3) is 1.00. The number of hydrogen-bond acceptors (Lipinski definition) is 4. The molecule has 0 aliphatic heterocycles. The van der Waals surface area contributed by atoms with Gasteiger partial charge in [0.2, 0.25) is 0 Å². The van der Waals surface area contributed by atoms with Gasteiger partial charge in [-0.1, -0.05) is 0 Å². The van der Waals surface area contributed by atoms with Gasteiger partial charge in [0.25, 0.3) is 0 Å². The normalized spacial score (nSPS) is 24.2. The Morgan fingerprint density at radius 1 is 1.17 bits per heavy atom. The van der Waals surface area contributed by atoms with Crippen LogP contribution in [-0.4, -0.2) is 39.4 Å². The van der Waals surface area contributed by atoms with Gasteiger partial charge in [0.15, 0.2) is 5.79 Å². The Hall–Kier alpha value is -0.160. The van der Waals surface area contributed by atoms with Crippen LogP contribution < -0.4 is 0 Å². The molecule has 0 rings (SSSR count). The number of aliphatic hydroxyl groups is 3. The maximum Gasteiger partial charge on any atom is 0.189 e. The summed E-state index contributed by atoms with van der Waals surface area (Å²) in [5, 5.41) is 27.5. The molecule has 3 N–H and O–H groups in total. The van der Waals surface area contributed by atoms with E-state index in [1.165, 1.54) is 13.8 Å². The molecule has 0 saturated heterocycles. The lowest BCUT2D eigenvalue weighted by molar-refractivity contribution is -0.269. The summed E-state index contributed by atoms with van der Waals surface area (Å²) in [4.78, 5) is 0. The first kappa shape index (κ1) is 11.8. The number of aliphatic hydroxyl groups excluding tert-OH is 2. The molecule has 0 amide bonds. The zero-order valence-electron chi connectivity index (χ0n) is 7.98. The second kappa shape index (κ2) is 4.18. The van der Waals surface area contributed by atoms with E-state index in [0.717, 1.165) is 0 Å². The smallest absolute Gasteiger partial charge is 0.189 e. The van der Waals surface area contributed by atoms with Crippen molar-refractivity contribution in [2.24, 2.45) is 0 Å². The second-order valence-electron chi connectivity index (χ2n) is 3.29. The zero-order chi connectivity index (χ0) is 9.94. The van der Waals surface area contributed by atoms with E-state index in [9.17, 15) is 5.11 Å². The van der Waals surface area contributed by atoms with E-state index in [2.05, 4.69) is 0 Å². The number of hydrogen-bond donors (Lipinski definition) is 3. The molecule has 0 bridgehead atoms. The van der Waals surface area contributed by atoms with Gasteiger partial charge in [-0.3, -0.25) is 0 Å². The van der Waals surface area contributed by atoms with Crippen molar-refractivity contribution in [1.82, 2.24) is 0 Å². The Kier molecular flexibility index (Phi) is 4.13. The molecule has 0 aromatic rings. The molecule has 0 aromatic carbocycles. The van der Waals surface area contributed by atoms with E-state index in [4.69, 9.17) is 14.9 Å². The Morgan fingerprint density at radius 2 is 1.58 bits per heavy atom. The Balaban J connectivity index is 4.05. The summed E-state index contributed by atoms with van der Waals surface area (Å²) in [6.45, 7) is 5.97. The SMILES string of the molecule is CC(O)C(C)OC(C)(O)C(C)O. The quantitative estimate of drug-likeness (QED) is 0.524. The average molecular weight is 178 g/mol. The van der Waals surface area contributed by atoms with E-state index in [0.29, 0.717) is 0 Å². The van der Waals surface area contributed by atoms with Crippen molar-refractivity contribution in [3.8, 4) is 0 Å². The minimum Gasteiger partial charge on any atom is -0.391 e. The Morgan fingerprint density at radius 3 is 1.83 bits per heavy atom. The molecule has 12 heavy (non-hydrogen) atoms. The molecular formula is C8H18O4. The highest BCUT2D eigenvalue weighted by atomic mass is 16.6. The molecule has 0 fully saturated rings. The topological polar surface area (TPSA) is 69.9 Å². The van der Waals surface area contributed by atoms with Crippen molar-refractivity contribution in [2.45, 2.75) is 51.8 Å². The summed E-state index contributed by atoms with van der Waals surface area (Å²) in [6, 6.07) is 0. The summed E-state index contributed by atoms with van der Waals surface area (Å²) in [5.74, 6) is -1.60. The predicted octanol–water partition coefficient (Wildman–Crippen LogP) is -0.138. The third kappa shape index (κ3) is 3.49. The molecule has 0 aliphatic carbocycles. The molecule has 0 aromatic heterocycles. The van der Waals surface area contributed by atoms with Gasteiger partial charge in [0.1, 0.15) is 6.10 Å². The van der Waals surface area contributed by atoms with Crippen LogP contribution in [0.4, 0.5) is 0 Å². The predicted molar refractivity (Wildman–Crippen MR) is 44.5 cm³/mol. The summed E-state index contributed by atoms with van der Waals surface area (Å²) in [5.41, 5.74) is 0. The van der Waals surface area contributed by atoms with Crippen molar-refractivity contribution in [3.05, 3.63) is 0 Å². The molecule has 4 atom stereocenters. The molecule has 0 saturated carbocycles. The largest absolute Gasteiger partial charge is 0.391 e.